The Balaban J connectivity index is 2.20. The molecule has 0 amide bonds. The average Bonchev–Trinajstić information content (AvgIpc) is 2.72. The van der Waals surface area contributed by atoms with Crippen molar-refractivity contribution < 1.29 is 13.2 Å². The van der Waals surface area contributed by atoms with Gasteiger partial charge in [-0.15, -0.1) is 0 Å². The molecule has 1 aromatic heterocycles. The van der Waals surface area contributed by atoms with E-state index in [-0.39, 0.29) is 17.0 Å². The van der Waals surface area contributed by atoms with E-state index in [4.69, 9.17) is 5.73 Å². The van der Waals surface area contributed by atoms with E-state index in [0.29, 0.717) is 10.2 Å². The molecule has 0 aliphatic heterocycles. The summed E-state index contributed by atoms with van der Waals surface area (Å²) in [5.41, 5.74) is 5.01. The Bertz CT molecular complexity index is 581. The third-order valence-electron chi connectivity index (χ3n) is 2.30. The van der Waals surface area contributed by atoms with E-state index < -0.39 is 11.7 Å². The molecule has 19 heavy (non-hydrogen) atoms. The zero-order valence-corrected chi connectivity index (χ0v) is 11.5. The zero-order chi connectivity index (χ0) is 14.0. The Kier molecular flexibility index (Phi) is 4.00. The van der Waals surface area contributed by atoms with Gasteiger partial charge in [-0.25, -0.2) is 4.98 Å². The van der Waals surface area contributed by atoms with E-state index in [0.717, 1.165) is 6.07 Å². The topological polar surface area (TPSA) is 51.8 Å². The molecule has 0 saturated carbocycles. The van der Waals surface area contributed by atoms with Crippen LogP contribution in [0.4, 0.5) is 18.9 Å². The number of anilines is 1. The lowest BCUT2D eigenvalue weighted by atomic mass is 10.1. The lowest BCUT2D eigenvalue weighted by molar-refractivity contribution is -0.138. The molecule has 0 atom stereocenters. The molecule has 8 heteroatoms. The summed E-state index contributed by atoms with van der Waals surface area (Å²) in [6.07, 6.45) is -4.40. The molecule has 0 aliphatic rings. The van der Waals surface area contributed by atoms with Gasteiger partial charge in [-0.2, -0.15) is 17.5 Å². The van der Waals surface area contributed by atoms with Crippen LogP contribution in [0.3, 0.4) is 0 Å². The predicted octanol–water partition coefficient (Wildman–Crippen LogP) is 3.74. The molecule has 2 rings (SSSR count). The highest BCUT2D eigenvalue weighted by Crippen LogP contribution is 2.36. The van der Waals surface area contributed by atoms with Crippen molar-refractivity contribution in [3.05, 3.63) is 35.2 Å². The molecule has 0 saturated heterocycles. The van der Waals surface area contributed by atoms with E-state index >= 15 is 0 Å². The van der Waals surface area contributed by atoms with Crippen molar-refractivity contribution in [3.63, 3.8) is 0 Å². The molecular formula is C11H10F3N3S2. The fourth-order valence-corrected chi connectivity index (χ4v) is 3.11. The third-order valence-corrected chi connectivity index (χ3v) is 4.27. The number of nitrogen functional groups attached to an aromatic ring is 1. The van der Waals surface area contributed by atoms with Gasteiger partial charge in [-0.05, 0) is 36.2 Å². The van der Waals surface area contributed by atoms with Crippen LogP contribution in [0.5, 0.6) is 0 Å². The third kappa shape index (κ3) is 3.60. The van der Waals surface area contributed by atoms with E-state index in [1.807, 2.05) is 0 Å². The van der Waals surface area contributed by atoms with Gasteiger partial charge in [0, 0.05) is 11.4 Å². The van der Waals surface area contributed by atoms with Crippen LogP contribution in [0.1, 0.15) is 17.0 Å². The number of halogens is 3. The number of rotatable bonds is 3. The average molecular weight is 305 g/mol. The largest absolute Gasteiger partial charge is 0.416 e. The van der Waals surface area contributed by atoms with Crippen molar-refractivity contribution in [1.82, 2.24) is 9.36 Å². The van der Waals surface area contributed by atoms with Crippen molar-refractivity contribution >= 4 is 29.0 Å². The van der Waals surface area contributed by atoms with Crippen LogP contribution in [0, 0.1) is 6.92 Å². The highest BCUT2D eigenvalue weighted by Gasteiger charge is 2.33. The highest BCUT2D eigenvalue weighted by atomic mass is 32.2. The summed E-state index contributed by atoms with van der Waals surface area (Å²) < 4.78 is 43.2. The van der Waals surface area contributed by atoms with Crippen LogP contribution < -0.4 is 5.73 Å². The van der Waals surface area contributed by atoms with Gasteiger partial charge < -0.3 is 5.73 Å². The minimum atomic E-state index is -4.40. The molecule has 1 aromatic carbocycles. The molecule has 0 fully saturated rings. The second kappa shape index (κ2) is 5.38. The predicted molar refractivity (Wildman–Crippen MR) is 70.1 cm³/mol. The number of nitrogens with two attached hydrogens (primary N) is 1. The van der Waals surface area contributed by atoms with E-state index in [2.05, 4.69) is 9.36 Å². The molecule has 2 N–H and O–H groups in total. The minimum Gasteiger partial charge on any atom is -0.399 e. The molecule has 3 nitrogen and oxygen atoms in total. The lowest BCUT2D eigenvalue weighted by Crippen LogP contribution is -2.09. The Morgan fingerprint density at radius 2 is 2.11 bits per heavy atom. The van der Waals surface area contributed by atoms with E-state index in [1.165, 1.54) is 35.4 Å². The highest BCUT2D eigenvalue weighted by molar-refractivity contribution is 8.00. The van der Waals surface area contributed by atoms with E-state index in [9.17, 15) is 13.2 Å². The molecule has 0 unspecified atom stereocenters. The summed E-state index contributed by atoms with van der Waals surface area (Å²) in [5.74, 6) is 0.810. The Morgan fingerprint density at radius 1 is 1.37 bits per heavy atom. The second-order valence-corrected chi connectivity index (χ2v) is 5.78. The monoisotopic (exact) mass is 305 g/mol. The van der Waals surface area contributed by atoms with Gasteiger partial charge in [0.1, 0.15) is 5.82 Å². The Morgan fingerprint density at radius 3 is 2.68 bits per heavy atom. The fraction of sp³-hybridized carbons (Fsp3) is 0.273. The SMILES string of the molecule is Cc1nsc(SCc2ccc(N)cc2C(F)(F)F)n1. The number of hydrogen-bond donors (Lipinski definition) is 1. The standard InChI is InChI=1S/C11H10F3N3S2/c1-6-16-10(19-17-6)18-5-7-2-3-8(15)4-9(7)11(12,13)14/h2-4H,5,15H2,1H3. The fourth-order valence-electron chi connectivity index (χ4n) is 1.46. The molecular weight excluding hydrogens is 295 g/mol. The minimum absolute atomic E-state index is 0.104. The van der Waals surface area contributed by atoms with Crippen LogP contribution in [0.25, 0.3) is 0 Å². The first-order valence-electron chi connectivity index (χ1n) is 5.25. The first-order chi connectivity index (χ1) is 8.86. The smallest absolute Gasteiger partial charge is 0.399 e. The number of aromatic nitrogens is 2. The number of benzene rings is 1. The van der Waals surface area contributed by atoms with Gasteiger partial charge in [0.15, 0.2) is 4.34 Å². The number of hydrogen-bond acceptors (Lipinski definition) is 5. The van der Waals surface area contributed by atoms with Crippen LogP contribution in [0.2, 0.25) is 0 Å². The lowest BCUT2D eigenvalue weighted by Gasteiger charge is -2.12. The van der Waals surface area contributed by atoms with Crippen molar-refractivity contribution in [2.75, 3.05) is 5.73 Å². The van der Waals surface area contributed by atoms with E-state index in [1.54, 1.807) is 6.92 Å². The van der Waals surface area contributed by atoms with Gasteiger partial charge in [0.05, 0.1) is 5.56 Å². The van der Waals surface area contributed by atoms with Crippen molar-refractivity contribution in [3.8, 4) is 0 Å². The number of thioether (sulfide) groups is 1. The van der Waals surface area contributed by atoms with Gasteiger partial charge in [-0.1, -0.05) is 17.8 Å². The second-order valence-electron chi connectivity index (χ2n) is 3.81. The van der Waals surface area contributed by atoms with Crippen LogP contribution in [-0.2, 0) is 11.9 Å². The van der Waals surface area contributed by atoms with Gasteiger partial charge in [0.25, 0.3) is 0 Å². The van der Waals surface area contributed by atoms with Gasteiger partial charge in [-0.3, -0.25) is 0 Å². The summed E-state index contributed by atoms with van der Waals surface area (Å²) in [6.45, 7) is 1.74. The zero-order valence-electron chi connectivity index (χ0n) is 9.86. The van der Waals surface area contributed by atoms with Crippen LogP contribution in [0.15, 0.2) is 22.5 Å². The first-order valence-corrected chi connectivity index (χ1v) is 7.01. The van der Waals surface area contributed by atoms with Crippen molar-refractivity contribution in [1.29, 1.82) is 0 Å². The summed E-state index contributed by atoms with van der Waals surface area (Å²) in [7, 11) is 0. The Labute approximate surface area is 116 Å². The number of alkyl halides is 3. The maximum atomic E-state index is 12.9. The molecule has 0 radical (unpaired) electrons. The molecule has 102 valence electrons. The number of nitrogens with zero attached hydrogens (tertiary/aromatic N) is 2. The van der Waals surface area contributed by atoms with Crippen molar-refractivity contribution in [2.24, 2.45) is 0 Å². The van der Waals surface area contributed by atoms with Gasteiger partial charge in [0.2, 0.25) is 0 Å². The maximum absolute atomic E-state index is 12.9. The quantitative estimate of drug-likeness (QED) is 0.693. The molecule has 1 heterocycles. The summed E-state index contributed by atoms with van der Waals surface area (Å²) >= 11 is 2.42. The molecule has 0 aliphatic carbocycles. The molecule has 0 bridgehead atoms. The summed E-state index contributed by atoms with van der Waals surface area (Å²) in [6, 6.07) is 3.83. The molecule has 0 spiro atoms. The first kappa shape index (κ1) is 14.1. The van der Waals surface area contributed by atoms with Crippen molar-refractivity contribution in [2.45, 2.75) is 23.2 Å². The Hall–Kier alpha value is -1.28. The van der Waals surface area contributed by atoms with Crippen LogP contribution >= 0.6 is 23.3 Å². The number of aryl methyl sites for hydroxylation is 1. The summed E-state index contributed by atoms with van der Waals surface area (Å²) in [4.78, 5) is 4.10. The summed E-state index contributed by atoms with van der Waals surface area (Å²) in [5, 5.41) is 0. The van der Waals surface area contributed by atoms with Crippen LogP contribution in [-0.4, -0.2) is 9.36 Å². The normalized spacial score (nSPS) is 11.8. The maximum Gasteiger partial charge on any atom is 0.416 e. The molecule has 2 aromatic rings. The van der Waals surface area contributed by atoms with Gasteiger partial charge >= 0.3 is 6.18 Å².